The number of ether oxygens (including phenoxy) is 4. The highest BCUT2D eigenvalue weighted by Gasteiger charge is 2.28. The first-order chi connectivity index (χ1) is 33.2. The highest BCUT2D eigenvalue weighted by molar-refractivity contribution is 6.17. The van der Waals surface area contributed by atoms with Crippen LogP contribution in [0.25, 0.3) is 0 Å². The van der Waals surface area contributed by atoms with Gasteiger partial charge in [0, 0.05) is 22.9 Å². The molecule has 0 radical (unpaired) electrons. The van der Waals surface area contributed by atoms with Crippen LogP contribution in [-0.4, -0.2) is 22.6 Å². The third-order valence-electron chi connectivity index (χ3n) is 11.7. The van der Waals surface area contributed by atoms with Crippen molar-refractivity contribution in [3.8, 4) is 11.5 Å². The number of hydrogen-bond acceptors (Lipinski definition) is 8. The SMILES string of the molecule is Cc1c(C)c(C(=O)c2ccc(C(=O)OC3=CC=CC=CN3Cc3ccccc3)cc2NC(=O)c2ccc(OCc3ccccc3)cc2)c(COCc2ccccc2)c(C)c1OCc1ccccc1. The van der Waals surface area contributed by atoms with Crippen molar-refractivity contribution < 1.29 is 33.3 Å². The first kappa shape index (κ1) is 46.3. The molecular weight excluding hydrogens is 849 g/mol. The lowest BCUT2D eigenvalue weighted by molar-refractivity contribution is 0.0531. The largest absolute Gasteiger partial charge is 0.489 e. The molecule has 1 N–H and O–H groups in total. The molecule has 68 heavy (non-hydrogen) atoms. The van der Waals surface area contributed by atoms with Crippen molar-refractivity contribution in [1.29, 1.82) is 0 Å². The van der Waals surface area contributed by atoms with Gasteiger partial charge in [0.25, 0.3) is 5.91 Å². The lowest BCUT2D eigenvalue weighted by atomic mass is 9.87. The second-order valence-electron chi connectivity index (χ2n) is 16.4. The molecule has 0 spiro atoms. The summed E-state index contributed by atoms with van der Waals surface area (Å²) in [5.41, 5.74) is 8.11. The number of hydrogen-bond donors (Lipinski definition) is 1. The smallest absolute Gasteiger partial charge is 0.344 e. The average molecular weight is 901 g/mol. The van der Waals surface area contributed by atoms with E-state index < -0.39 is 11.9 Å². The Bertz CT molecular complexity index is 2970. The van der Waals surface area contributed by atoms with E-state index >= 15 is 4.79 Å². The minimum atomic E-state index is -0.676. The van der Waals surface area contributed by atoms with E-state index in [1.807, 2.05) is 165 Å². The number of benzene rings is 7. The van der Waals surface area contributed by atoms with E-state index in [0.29, 0.717) is 66.0 Å². The van der Waals surface area contributed by atoms with Crippen LogP contribution in [0.4, 0.5) is 5.69 Å². The minimum absolute atomic E-state index is 0.104. The van der Waals surface area contributed by atoms with Crippen LogP contribution in [0.2, 0.25) is 0 Å². The molecule has 9 nitrogen and oxygen atoms in total. The fraction of sp³-hybridized carbons (Fsp3) is 0.136. The second kappa shape index (κ2) is 22.3. The highest BCUT2D eigenvalue weighted by atomic mass is 16.6. The molecule has 1 aliphatic rings. The van der Waals surface area contributed by atoms with Crippen molar-refractivity contribution in [3.63, 3.8) is 0 Å². The topological polar surface area (TPSA) is 103 Å². The summed E-state index contributed by atoms with van der Waals surface area (Å²) in [7, 11) is 0. The Morgan fingerprint density at radius 2 is 1.12 bits per heavy atom. The summed E-state index contributed by atoms with van der Waals surface area (Å²) in [5, 5.41) is 2.98. The van der Waals surface area contributed by atoms with E-state index in [-0.39, 0.29) is 29.2 Å². The van der Waals surface area contributed by atoms with Crippen LogP contribution in [0.1, 0.15) is 81.1 Å². The van der Waals surface area contributed by atoms with E-state index in [1.54, 1.807) is 48.6 Å². The van der Waals surface area contributed by atoms with E-state index in [9.17, 15) is 9.59 Å². The Morgan fingerprint density at radius 1 is 0.544 bits per heavy atom. The van der Waals surface area contributed by atoms with Gasteiger partial charge < -0.3 is 29.2 Å². The van der Waals surface area contributed by atoms with E-state index in [1.165, 1.54) is 6.07 Å². The molecule has 9 heteroatoms. The second-order valence-corrected chi connectivity index (χ2v) is 16.4. The number of carbonyl (C=O) groups is 3. The number of carbonyl (C=O) groups excluding carboxylic acids is 3. The molecule has 0 fully saturated rings. The number of allylic oxidation sites excluding steroid dienone is 4. The maximum Gasteiger partial charge on any atom is 0.344 e. The van der Waals surface area contributed by atoms with Gasteiger partial charge in [0.1, 0.15) is 24.7 Å². The van der Waals surface area contributed by atoms with E-state index in [2.05, 4.69) is 5.32 Å². The standard InChI is InChI=1S/C59H52N2O7/c1-41-42(2)57(67-39-47-25-15-7-16-26-47)43(3)52(40-65-37-45-21-11-5-12-22-45)55(41)56(62)51-33-30-49(59(64)68-54-27-17-8-18-34-61(54)36-44-19-9-4-10-20-44)35-53(51)60-58(63)48-28-31-50(32-29-48)66-38-46-23-13-6-14-24-46/h4-35H,36-40H2,1-3H3,(H,60,63). The molecule has 1 amide bonds. The Hall–Kier alpha value is -8.27. The number of esters is 1. The molecule has 0 saturated heterocycles. The van der Waals surface area contributed by atoms with Crippen molar-refractivity contribution in [2.45, 2.75) is 53.7 Å². The number of amides is 1. The Balaban J connectivity index is 1.14. The fourth-order valence-electron chi connectivity index (χ4n) is 7.90. The number of ketones is 1. The van der Waals surface area contributed by atoms with Gasteiger partial charge in [-0.3, -0.25) is 9.59 Å². The highest BCUT2D eigenvalue weighted by Crippen LogP contribution is 2.37. The molecule has 1 aliphatic heterocycles. The zero-order valence-electron chi connectivity index (χ0n) is 38.3. The number of nitrogens with zero attached hydrogens (tertiary/aromatic N) is 1. The summed E-state index contributed by atoms with van der Waals surface area (Å²) in [6.45, 7) is 7.35. The van der Waals surface area contributed by atoms with Crippen LogP contribution in [-0.2, 0) is 42.4 Å². The average Bonchev–Trinajstić information content (AvgIpc) is 3.60. The summed E-state index contributed by atoms with van der Waals surface area (Å²) >= 11 is 0. The molecule has 8 rings (SSSR count). The van der Waals surface area contributed by atoms with Crippen molar-refractivity contribution in [1.82, 2.24) is 4.90 Å². The maximum absolute atomic E-state index is 15.3. The van der Waals surface area contributed by atoms with Gasteiger partial charge in [0.2, 0.25) is 5.88 Å². The summed E-state index contributed by atoms with van der Waals surface area (Å²) < 4.78 is 24.9. The number of nitrogens with one attached hydrogen (secondary N) is 1. The minimum Gasteiger partial charge on any atom is -0.489 e. The molecule has 7 aromatic rings. The molecule has 1 heterocycles. The summed E-state index contributed by atoms with van der Waals surface area (Å²) in [4.78, 5) is 45.5. The Labute approximate surface area is 397 Å². The maximum atomic E-state index is 15.3. The van der Waals surface area contributed by atoms with Crippen molar-refractivity contribution in [2.24, 2.45) is 0 Å². The first-order valence-corrected chi connectivity index (χ1v) is 22.5. The fourth-order valence-corrected chi connectivity index (χ4v) is 7.90. The molecule has 0 aromatic heterocycles. The summed E-state index contributed by atoms with van der Waals surface area (Å²) in [5.74, 6) is 0.0326. The van der Waals surface area contributed by atoms with Crippen LogP contribution >= 0.6 is 0 Å². The van der Waals surface area contributed by atoms with Gasteiger partial charge in [0.15, 0.2) is 5.78 Å². The Kier molecular flexibility index (Phi) is 15.2. The molecule has 0 bridgehead atoms. The lowest BCUT2D eigenvalue weighted by Gasteiger charge is -2.23. The van der Waals surface area contributed by atoms with Crippen LogP contribution in [0.3, 0.4) is 0 Å². The van der Waals surface area contributed by atoms with Crippen LogP contribution in [0.5, 0.6) is 11.5 Å². The number of rotatable bonds is 18. The molecule has 0 atom stereocenters. The third-order valence-corrected chi connectivity index (χ3v) is 11.7. The zero-order chi connectivity index (χ0) is 47.2. The Morgan fingerprint density at radius 3 is 1.75 bits per heavy atom. The summed E-state index contributed by atoms with van der Waals surface area (Å²) in [6.07, 6.45) is 9.07. The van der Waals surface area contributed by atoms with Gasteiger partial charge in [-0.15, -0.1) is 0 Å². The lowest BCUT2D eigenvalue weighted by Crippen LogP contribution is -2.21. The molecule has 0 aliphatic carbocycles. The molecular formula is C59H52N2O7. The quantitative estimate of drug-likeness (QED) is 0.0671. The van der Waals surface area contributed by atoms with Crippen LogP contribution in [0.15, 0.2) is 200 Å². The van der Waals surface area contributed by atoms with Crippen LogP contribution in [0, 0.1) is 20.8 Å². The number of anilines is 1. The van der Waals surface area contributed by atoms with E-state index in [0.717, 1.165) is 33.4 Å². The van der Waals surface area contributed by atoms with Crippen molar-refractivity contribution >= 4 is 23.3 Å². The zero-order valence-corrected chi connectivity index (χ0v) is 38.3. The predicted molar refractivity (Wildman–Crippen MR) is 265 cm³/mol. The van der Waals surface area contributed by atoms with Gasteiger partial charge in [-0.25, -0.2) is 4.79 Å². The van der Waals surface area contributed by atoms with Gasteiger partial charge in [0.05, 0.1) is 31.0 Å². The normalized spacial score (nSPS) is 11.9. The molecule has 0 saturated carbocycles. The van der Waals surface area contributed by atoms with Crippen molar-refractivity contribution in [2.75, 3.05) is 5.32 Å². The monoisotopic (exact) mass is 900 g/mol. The van der Waals surface area contributed by atoms with Gasteiger partial charge >= 0.3 is 5.97 Å². The van der Waals surface area contributed by atoms with Crippen LogP contribution < -0.4 is 14.8 Å². The summed E-state index contributed by atoms with van der Waals surface area (Å²) in [6, 6.07) is 50.8. The van der Waals surface area contributed by atoms with Gasteiger partial charge in [-0.2, -0.15) is 0 Å². The first-order valence-electron chi connectivity index (χ1n) is 22.5. The van der Waals surface area contributed by atoms with Gasteiger partial charge in [-0.05, 0) is 120 Å². The molecule has 7 aromatic carbocycles. The van der Waals surface area contributed by atoms with Gasteiger partial charge in [-0.1, -0.05) is 133 Å². The predicted octanol–water partition coefficient (Wildman–Crippen LogP) is 12.6. The third kappa shape index (κ3) is 11.6. The van der Waals surface area contributed by atoms with Crippen molar-refractivity contribution in [3.05, 3.63) is 267 Å². The molecule has 340 valence electrons. The van der Waals surface area contributed by atoms with E-state index in [4.69, 9.17) is 18.9 Å². The molecule has 0 unspecified atom stereocenters.